The second-order valence-electron chi connectivity index (χ2n) is 3.63. The van der Waals surface area contributed by atoms with Crippen LogP contribution in [0.5, 0.6) is 0 Å². The maximum absolute atomic E-state index is 6.27. The lowest BCUT2D eigenvalue weighted by atomic mass is 10.1. The normalized spacial score (nSPS) is 13.0. The molecule has 2 aromatic rings. The maximum Gasteiger partial charge on any atom is 0.0657 e. The summed E-state index contributed by atoms with van der Waals surface area (Å²) in [5.74, 6) is 0. The van der Waals surface area contributed by atoms with Crippen molar-refractivity contribution in [3.63, 3.8) is 0 Å². The minimum Gasteiger partial charge on any atom is -0.320 e. The number of hydrogen-bond donors (Lipinski definition) is 1. The Morgan fingerprint density at radius 1 is 1.40 bits per heavy atom. The molecule has 80 valence electrons. The smallest absolute Gasteiger partial charge is 0.0657 e. The van der Waals surface area contributed by atoms with Crippen molar-refractivity contribution < 1.29 is 0 Å². The zero-order chi connectivity index (χ0) is 10.8. The highest BCUT2D eigenvalue weighted by Gasteiger charge is 2.14. The lowest BCUT2D eigenvalue weighted by molar-refractivity contribution is 0.878. The molecule has 0 aliphatic rings. The molecule has 0 aliphatic heterocycles. The van der Waals surface area contributed by atoms with Crippen molar-refractivity contribution in [1.82, 2.24) is 0 Å². The van der Waals surface area contributed by atoms with E-state index in [0.717, 1.165) is 6.42 Å². The first-order valence-corrected chi connectivity index (χ1v) is 6.85. The molecule has 0 radical (unpaired) electrons. The molecule has 0 fully saturated rings. The number of hydrogen-bond acceptors (Lipinski definition) is 3. The summed E-state index contributed by atoms with van der Waals surface area (Å²) in [7, 11) is 0. The van der Waals surface area contributed by atoms with Crippen molar-refractivity contribution in [2.75, 3.05) is 0 Å². The van der Waals surface area contributed by atoms with Gasteiger partial charge >= 0.3 is 0 Å². The minimum atomic E-state index is 0.0601. The second-order valence-corrected chi connectivity index (χ2v) is 5.70. The Balaban J connectivity index is 2.31. The summed E-state index contributed by atoms with van der Waals surface area (Å²) in [4.78, 5) is 2.64. The van der Waals surface area contributed by atoms with Crippen molar-refractivity contribution >= 4 is 22.7 Å². The molecule has 1 atom stereocenters. The summed E-state index contributed by atoms with van der Waals surface area (Å²) in [5, 5.41) is 4.30. The van der Waals surface area contributed by atoms with E-state index in [1.54, 1.807) is 22.7 Å². The van der Waals surface area contributed by atoms with Crippen LogP contribution in [0.1, 0.15) is 33.8 Å². The molecule has 2 rings (SSSR count). The summed E-state index contributed by atoms with van der Waals surface area (Å²) >= 11 is 3.53. The molecule has 1 nitrogen and oxygen atoms in total. The van der Waals surface area contributed by atoms with Gasteiger partial charge in [0.1, 0.15) is 0 Å². The third-order valence-electron chi connectivity index (χ3n) is 2.55. The van der Waals surface area contributed by atoms with Gasteiger partial charge in [0.05, 0.1) is 6.04 Å². The highest BCUT2D eigenvalue weighted by molar-refractivity contribution is 7.10. The summed E-state index contributed by atoms with van der Waals surface area (Å²) in [5.41, 5.74) is 8.90. The van der Waals surface area contributed by atoms with E-state index in [4.69, 9.17) is 5.73 Å². The fourth-order valence-corrected chi connectivity index (χ4v) is 3.46. The predicted molar refractivity (Wildman–Crippen MR) is 68.8 cm³/mol. The molecule has 3 heteroatoms. The van der Waals surface area contributed by atoms with Crippen molar-refractivity contribution in [2.45, 2.75) is 26.3 Å². The van der Waals surface area contributed by atoms with Gasteiger partial charge in [-0.3, -0.25) is 0 Å². The summed E-state index contributed by atoms with van der Waals surface area (Å²) in [6.07, 6.45) is 1.07. The quantitative estimate of drug-likeness (QED) is 0.865. The van der Waals surface area contributed by atoms with Crippen molar-refractivity contribution in [3.05, 3.63) is 43.8 Å². The van der Waals surface area contributed by atoms with Crippen LogP contribution < -0.4 is 5.73 Å². The highest BCUT2D eigenvalue weighted by Crippen LogP contribution is 2.30. The van der Waals surface area contributed by atoms with Crippen LogP contribution in [0.15, 0.2) is 22.9 Å². The van der Waals surface area contributed by atoms with Crippen LogP contribution in [-0.4, -0.2) is 0 Å². The Hall–Kier alpha value is -0.640. The van der Waals surface area contributed by atoms with E-state index >= 15 is 0 Å². The van der Waals surface area contributed by atoms with Gasteiger partial charge < -0.3 is 5.73 Å². The zero-order valence-corrected chi connectivity index (χ0v) is 10.6. The zero-order valence-electron chi connectivity index (χ0n) is 8.99. The van der Waals surface area contributed by atoms with Gasteiger partial charge in [-0.15, -0.1) is 22.7 Å². The van der Waals surface area contributed by atoms with Gasteiger partial charge in [0.25, 0.3) is 0 Å². The third kappa shape index (κ3) is 2.14. The van der Waals surface area contributed by atoms with Gasteiger partial charge in [-0.25, -0.2) is 0 Å². The molecule has 0 saturated heterocycles. The number of thiophene rings is 2. The molecule has 0 bridgehead atoms. The van der Waals surface area contributed by atoms with Crippen LogP contribution in [0, 0.1) is 6.92 Å². The summed E-state index contributed by atoms with van der Waals surface area (Å²) in [6.45, 7) is 4.30. The summed E-state index contributed by atoms with van der Waals surface area (Å²) in [6, 6.07) is 4.43. The molecule has 0 saturated carbocycles. The van der Waals surface area contributed by atoms with E-state index in [9.17, 15) is 0 Å². The molecule has 2 N–H and O–H groups in total. The molecular formula is C12H15NS2. The Bertz CT molecular complexity index is 442. The topological polar surface area (TPSA) is 26.0 Å². The average Bonchev–Trinajstić information content (AvgIpc) is 2.84. The first-order valence-electron chi connectivity index (χ1n) is 5.09. The van der Waals surface area contributed by atoms with Gasteiger partial charge in [0.2, 0.25) is 0 Å². The van der Waals surface area contributed by atoms with Crippen molar-refractivity contribution in [3.8, 4) is 0 Å². The second kappa shape index (κ2) is 4.47. The first kappa shape index (κ1) is 10.9. The van der Waals surface area contributed by atoms with Crippen molar-refractivity contribution in [2.24, 2.45) is 5.73 Å². The molecule has 2 aromatic heterocycles. The van der Waals surface area contributed by atoms with Crippen LogP contribution in [0.2, 0.25) is 0 Å². The lowest BCUT2D eigenvalue weighted by Gasteiger charge is -2.09. The number of rotatable bonds is 3. The molecular weight excluding hydrogens is 222 g/mol. The molecule has 2 heterocycles. The fourth-order valence-electron chi connectivity index (χ4n) is 1.69. The summed E-state index contributed by atoms with van der Waals surface area (Å²) < 4.78 is 0. The monoisotopic (exact) mass is 237 g/mol. The van der Waals surface area contributed by atoms with Gasteiger partial charge in [-0.05, 0) is 47.4 Å². The maximum atomic E-state index is 6.27. The molecule has 1 unspecified atom stereocenters. The van der Waals surface area contributed by atoms with E-state index in [0.29, 0.717) is 0 Å². The van der Waals surface area contributed by atoms with Gasteiger partial charge in [-0.2, -0.15) is 0 Å². The molecule has 0 amide bonds. The van der Waals surface area contributed by atoms with Crippen molar-refractivity contribution in [1.29, 1.82) is 0 Å². The van der Waals surface area contributed by atoms with Crippen LogP contribution in [0.25, 0.3) is 0 Å². The molecule has 0 aliphatic carbocycles. The predicted octanol–water partition coefficient (Wildman–Crippen LogP) is 3.73. The van der Waals surface area contributed by atoms with Crippen LogP contribution in [0.4, 0.5) is 0 Å². The molecule has 0 aromatic carbocycles. The van der Waals surface area contributed by atoms with Gasteiger partial charge in [-0.1, -0.05) is 6.92 Å². The van der Waals surface area contributed by atoms with E-state index in [1.165, 1.54) is 20.9 Å². The Morgan fingerprint density at radius 3 is 2.80 bits per heavy atom. The fraction of sp³-hybridized carbons (Fsp3) is 0.333. The lowest BCUT2D eigenvalue weighted by Crippen LogP contribution is -2.10. The van der Waals surface area contributed by atoms with E-state index < -0.39 is 0 Å². The van der Waals surface area contributed by atoms with Gasteiger partial charge in [0, 0.05) is 9.75 Å². The molecule has 0 spiro atoms. The number of nitrogens with two attached hydrogens (primary N) is 1. The van der Waals surface area contributed by atoms with E-state index in [1.807, 2.05) is 0 Å². The van der Waals surface area contributed by atoms with Crippen LogP contribution in [0.3, 0.4) is 0 Å². The van der Waals surface area contributed by atoms with E-state index in [2.05, 4.69) is 36.7 Å². The SMILES string of the molecule is CCc1ccsc1C(N)c1csc(C)c1. The van der Waals surface area contributed by atoms with Gasteiger partial charge in [0.15, 0.2) is 0 Å². The Labute approximate surface area is 98.6 Å². The molecule has 15 heavy (non-hydrogen) atoms. The first-order chi connectivity index (χ1) is 7.22. The third-order valence-corrected chi connectivity index (χ3v) is 4.48. The Morgan fingerprint density at radius 2 is 2.20 bits per heavy atom. The number of aryl methyl sites for hydroxylation is 2. The minimum absolute atomic E-state index is 0.0601. The van der Waals surface area contributed by atoms with Crippen LogP contribution >= 0.6 is 22.7 Å². The standard InChI is InChI=1S/C12H15NS2/c1-3-9-4-5-14-12(9)11(13)10-6-8(2)15-7-10/h4-7,11H,3,13H2,1-2H3. The van der Waals surface area contributed by atoms with E-state index in [-0.39, 0.29) is 6.04 Å². The largest absolute Gasteiger partial charge is 0.320 e. The highest BCUT2D eigenvalue weighted by atomic mass is 32.1. The Kier molecular flexibility index (Phi) is 3.24. The van der Waals surface area contributed by atoms with Crippen LogP contribution in [-0.2, 0) is 6.42 Å². The average molecular weight is 237 g/mol.